The molecule has 0 unspecified atom stereocenters. The molecule has 20 heavy (non-hydrogen) atoms. The lowest BCUT2D eigenvalue weighted by Gasteiger charge is -2.14. The molecule has 0 aromatic heterocycles. The molecular formula is C15H21BrN2O2. The van der Waals surface area contributed by atoms with Gasteiger partial charge in [0, 0.05) is 22.6 Å². The third-order valence-corrected chi connectivity index (χ3v) is 3.96. The number of amides is 1. The maximum atomic E-state index is 11.8. The molecule has 1 aromatic carbocycles. The highest BCUT2D eigenvalue weighted by Gasteiger charge is 2.17. The summed E-state index contributed by atoms with van der Waals surface area (Å²) in [4.78, 5) is 11.8. The van der Waals surface area contributed by atoms with Crippen LogP contribution in [0, 0.1) is 0 Å². The zero-order valence-electron chi connectivity index (χ0n) is 11.7. The van der Waals surface area contributed by atoms with Crippen LogP contribution in [-0.2, 0) is 11.3 Å². The van der Waals surface area contributed by atoms with Crippen LogP contribution in [0.25, 0.3) is 0 Å². The number of carbonyl (C=O) groups excluding carboxylic acids is 1. The molecule has 0 spiro atoms. The fourth-order valence-corrected chi connectivity index (χ4v) is 2.91. The minimum atomic E-state index is -0.0322. The standard InChI is InChI=1S/C15H21BrN2O2/c1-17-9-11-8-12(16)6-7-14(11)20-10-15(19)18-13-4-2-3-5-13/h6-8,13,17H,2-5,9-10H2,1H3,(H,18,19). The summed E-state index contributed by atoms with van der Waals surface area (Å²) in [6.45, 7) is 0.786. The van der Waals surface area contributed by atoms with Crippen LogP contribution in [0.3, 0.4) is 0 Å². The van der Waals surface area contributed by atoms with E-state index in [1.807, 2.05) is 25.2 Å². The van der Waals surface area contributed by atoms with Crippen molar-refractivity contribution in [2.24, 2.45) is 0 Å². The largest absolute Gasteiger partial charge is 0.483 e. The van der Waals surface area contributed by atoms with Gasteiger partial charge in [-0.3, -0.25) is 4.79 Å². The smallest absolute Gasteiger partial charge is 0.258 e. The average Bonchev–Trinajstić information content (AvgIpc) is 2.91. The van der Waals surface area contributed by atoms with Crippen molar-refractivity contribution in [2.45, 2.75) is 38.3 Å². The molecule has 4 nitrogen and oxygen atoms in total. The van der Waals surface area contributed by atoms with Gasteiger partial charge >= 0.3 is 0 Å². The van der Waals surface area contributed by atoms with Gasteiger partial charge in [0.15, 0.2) is 6.61 Å². The van der Waals surface area contributed by atoms with E-state index < -0.39 is 0 Å². The molecule has 0 bridgehead atoms. The topological polar surface area (TPSA) is 50.4 Å². The third-order valence-electron chi connectivity index (χ3n) is 3.47. The number of rotatable bonds is 6. The lowest BCUT2D eigenvalue weighted by Crippen LogP contribution is -2.36. The van der Waals surface area contributed by atoms with Crippen LogP contribution in [-0.4, -0.2) is 25.6 Å². The molecule has 0 radical (unpaired) electrons. The maximum absolute atomic E-state index is 11.8. The predicted octanol–water partition coefficient (Wildman–Crippen LogP) is 2.61. The van der Waals surface area contributed by atoms with E-state index in [1.165, 1.54) is 12.8 Å². The summed E-state index contributed by atoms with van der Waals surface area (Å²) >= 11 is 3.44. The van der Waals surface area contributed by atoms with Crippen LogP contribution in [0.4, 0.5) is 0 Å². The van der Waals surface area contributed by atoms with Crippen LogP contribution in [0.2, 0.25) is 0 Å². The number of hydrogen-bond donors (Lipinski definition) is 2. The Labute approximate surface area is 128 Å². The fraction of sp³-hybridized carbons (Fsp3) is 0.533. The highest BCUT2D eigenvalue weighted by atomic mass is 79.9. The van der Waals surface area contributed by atoms with Crippen molar-refractivity contribution in [2.75, 3.05) is 13.7 Å². The lowest BCUT2D eigenvalue weighted by atomic mass is 10.2. The second-order valence-electron chi connectivity index (χ2n) is 5.12. The van der Waals surface area contributed by atoms with Crippen molar-refractivity contribution in [1.29, 1.82) is 0 Å². The molecule has 0 saturated heterocycles. The summed E-state index contributed by atoms with van der Waals surface area (Å²) in [5, 5.41) is 6.12. The molecule has 1 fully saturated rings. The maximum Gasteiger partial charge on any atom is 0.258 e. The van der Waals surface area contributed by atoms with Gasteiger partial charge in [-0.1, -0.05) is 28.8 Å². The second-order valence-corrected chi connectivity index (χ2v) is 6.04. The molecule has 1 saturated carbocycles. The second kappa shape index (κ2) is 7.64. The summed E-state index contributed by atoms with van der Waals surface area (Å²) in [5.74, 6) is 0.722. The predicted molar refractivity (Wildman–Crippen MR) is 82.8 cm³/mol. The number of hydrogen-bond acceptors (Lipinski definition) is 3. The molecule has 0 heterocycles. The van der Waals surface area contributed by atoms with Gasteiger partial charge in [-0.05, 0) is 38.1 Å². The molecule has 2 N–H and O–H groups in total. The molecule has 1 aliphatic rings. The third kappa shape index (κ3) is 4.49. The van der Waals surface area contributed by atoms with Crippen molar-refractivity contribution in [1.82, 2.24) is 10.6 Å². The van der Waals surface area contributed by atoms with Gasteiger partial charge in [-0.2, -0.15) is 0 Å². The number of ether oxygens (including phenoxy) is 1. The number of benzene rings is 1. The molecule has 2 rings (SSSR count). The van der Waals surface area contributed by atoms with Gasteiger partial charge in [-0.25, -0.2) is 0 Å². The van der Waals surface area contributed by atoms with Crippen molar-refractivity contribution >= 4 is 21.8 Å². The van der Waals surface area contributed by atoms with E-state index in [4.69, 9.17) is 4.74 Å². The highest BCUT2D eigenvalue weighted by Crippen LogP contribution is 2.23. The van der Waals surface area contributed by atoms with Crippen molar-refractivity contribution in [3.8, 4) is 5.75 Å². The monoisotopic (exact) mass is 340 g/mol. The molecule has 110 valence electrons. The number of halogens is 1. The van der Waals surface area contributed by atoms with Crippen LogP contribution < -0.4 is 15.4 Å². The quantitative estimate of drug-likeness (QED) is 0.836. The van der Waals surface area contributed by atoms with Crippen molar-refractivity contribution in [3.05, 3.63) is 28.2 Å². The molecule has 5 heteroatoms. The molecule has 1 aliphatic carbocycles. The van der Waals surface area contributed by atoms with Gasteiger partial charge in [-0.15, -0.1) is 0 Å². The summed E-state index contributed by atoms with van der Waals surface area (Å²) in [7, 11) is 1.89. The zero-order valence-corrected chi connectivity index (χ0v) is 13.3. The van der Waals surface area contributed by atoms with Gasteiger partial charge in [0.05, 0.1) is 0 Å². The Morgan fingerprint density at radius 2 is 2.15 bits per heavy atom. The summed E-state index contributed by atoms with van der Waals surface area (Å²) < 4.78 is 6.65. The molecule has 0 aliphatic heterocycles. The van der Waals surface area contributed by atoms with Crippen LogP contribution in [0.5, 0.6) is 5.75 Å². The van der Waals surface area contributed by atoms with Crippen LogP contribution in [0.15, 0.2) is 22.7 Å². The average molecular weight is 341 g/mol. The first-order valence-electron chi connectivity index (χ1n) is 7.04. The van der Waals surface area contributed by atoms with E-state index in [9.17, 15) is 4.79 Å². The summed E-state index contributed by atoms with van der Waals surface area (Å²) in [6, 6.07) is 6.15. The van der Waals surface area contributed by atoms with Crippen LogP contribution in [0.1, 0.15) is 31.2 Å². The van der Waals surface area contributed by atoms with Gasteiger partial charge in [0.1, 0.15) is 5.75 Å². The van der Waals surface area contributed by atoms with E-state index in [0.29, 0.717) is 12.6 Å². The van der Waals surface area contributed by atoms with E-state index in [0.717, 1.165) is 28.6 Å². The summed E-state index contributed by atoms with van der Waals surface area (Å²) in [6.07, 6.45) is 4.61. The SMILES string of the molecule is CNCc1cc(Br)ccc1OCC(=O)NC1CCCC1. The minimum Gasteiger partial charge on any atom is -0.483 e. The Hall–Kier alpha value is -1.07. The van der Waals surface area contributed by atoms with Gasteiger partial charge in [0.25, 0.3) is 5.91 Å². The Morgan fingerprint density at radius 3 is 2.85 bits per heavy atom. The first kappa shape index (κ1) is 15.3. The van der Waals surface area contributed by atoms with Crippen LogP contribution >= 0.6 is 15.9 Å². The lowest BCUT2D eigenvalue weighted by molar-refractivity contribution is -0.123. The Bertz CT molecular complexity index is 459. The van der Waals surface area contributed by atoms with Gasteiger partial charge in [0.2, 0.25) is 0 Å². The zero-order chi connectivity index (χ0) is 14.4. The first-order chi connectivity index (χ1) is 9.69. The van der Waals surface area contributed by atoms with Gasteiger partial charge < -0.3 is 15.4 Å². The molecule has 0 atom stereocenters. The highest BCUT2D eigenvalue weighted by molar-refractivity contribution is 9.10. The molecule has 1 amide bonds. The molecular weight excluding hydrogens is 320 g/mol. The first-order valence-corrected chi connectivity index (χ1v) is 7.83. The number of carbonyl (C=O) groups is 1. The normalized spacial score (nSPS) is 15.3. The van der Waals surface area contributed by atoms with Crippen molar-refractivity contribution in [3.63, 3.8) is 0 Å². The van der Waals surface area contributed by atoms with E-state index in [1.54, 1.807) is 0 Å². The van der Waals surface area contributed by atoms with E-state index in [2.05, 4.69) is 26.6 Å². The summed E-state index contributed by atoms with van der Waals surface area (Å²) in [5.41, 5.74) is 1.04. The minimum absolute atomic E-state index is 0.0322. The Morgan fingerprint density at radius 1 is 1.40 bits per heavy atom. The Kier molecular flexibility index (Phi) is 5.86. The van der Waals surface area contributed by atoms with Crippen molar-refractivity contribution < 1.29 is 9.53 Å². The van der Waals surface area contributed by atoms with E-state index >= 15 is 0 Å². The van der Waals surface area contributed by atoms with E-state index in [-0.39, 0.29) is 12.5 Å². The fourth-order valence-electron chi connectivity index (χ4n) is 2.50. The Balaban J connectivity index is 1.87. The number of nitrogens with one attached hydrogen (secondary N) is 2. The molecule has 1 aromatic rings.